The molecule has 1 aromatic carbocycles. The molecule has 1 fully saturated rings. The van der Waals surface area contributed by atoms with Crippen LogP contribution in [0.5, 0.6) is 11.5 Å². The molecule has 3 N–H and O–H groups in total. The Morgan fingerprint density at radius 3 is 2.84 bits per heavy atom. The van der Waals surface area contributed by atoms with E-state index >= 15 is 0 Å². The summed E-state index contributed by atoms with van der Waals surface area (Å²) in [7, 11) is 0. The highest BCUT2D eigenvalue weighted by atomic mass is 16.6. The molecule has 5 heteroatoms. The molecule has 0 radical (unpaired) electrons. The number of hydrogen-bond donors (Lipinski definition) is 2. The molecule has 0 saturated carbocycles. The molecular formula is C14H20N2O3. The Kier molecular flexibility index (Phi) is 3.87. The second kappa shape index (κ2) is 5.77. The fourth-order valence-corrected chi connectivity index (χ4v) is 2.48. The summed E-state index contributed by atoms with van der Waals surface area (Å²) in [6.07, 6.45) is 1.00. The van der Waals surface area contributed by atoms with Crippen LogP contribution in [0.25, 0.3) is 0 Å². The van der Waals surface area contributed by atoms with E-state index in [0.29, 0.717) is 13.2 Å². The maximum absolute atomic E-state index is 6.25. The Morgan fingerprint density at radius 2 is 2.05 bits per heavy atom. The van der Waals surface area contributed by atoms with Crippen molar-refractivity contribution >= 4 is 0 Å². The minimum atomic E-state index is -0.0410. The molecule has 0 amide bonds. The average Bonchev–Trinajstić information content (AvgIpc) is 2.48. The Balaban J connectivity index is 1.67. The smallest absolute Gasteiger partial charge is 0.161 e. The van der Waals surface area contributed by atoms with Gasteiger partial charge in [-0.3, -0.25) is 0 Å². The van der Waals surface area contributed by atoms with E-state index in [1.54, 1.807) is 0 Å². The molecule has 2 aliphatic rings. The molecule has 2 unspecified atom stereocenters. The molecule has 0 spiro atoms. The molecule has 0 bridgehead atoms. The maximum Gasteiger partial charge on any atom is 0.161 e. The zero-order valence-electron chi connectivity index (χ0n) is 10.9. The van der Waals surface area contributed by atoms with Gasteiger partial charge in [0.05, 0.1) is 12.7 Å². The first kappa shape index (κ1) is 12.7. The summed E-state index contributed by atoms with van der Waals surface area (Å²) in [5, 5.41) is 3.32. The molecule has 2 heterocycles. The molecule has 3 rings (SSSR count). The van der Waals surface area contributed by atoms with Crippen molar-refractivity contribution in [2.75, 3.05) is 32.9 Å². The van der Waals surface area contributed by atoms with Gasteiger partial charge in [0.15, 0.2) is 11.5 Å². The largest absolute Gasteiger partial charge is 0.486 e. The lowest BCUT2D eigenvalue weighted by molar-refractivity contribution is 0.0195. The van der Waals surface area contributed by atoms with Gasteiger partial charge < -0.3 is 25.3 Å². The fraction of sp³-hybridized carbons (Fsp3) is 0.571. The molecule has 2 aliphatic heterocycles. The van der Waals surface area contributed by atoms with Crippen LogP contribution in [0.1, 0.15) is 18.0 Å². The zero-order valence-corrected chi connectivity index (χ0v) is 10.9. The highest BCUT2D eigenvalue weighted by molar-refractivity contribution is 5.44. The number of fused-ring (bicyclic) bond motifs is 1. The van der Waals surface area contributed by atoms with Crippen molar-refractivity contribution in [3.05, 3.63) is 23.8 Å². The van der Waals surface area contributed by atoms with E-state index in [4.69, 9.17) is 19.9 Å². The third kappa shape index (κ3) is 3.00. The number of ether oxygens (including phenoxy) is 3. The lowest BCUT2D eigenvalue weighted by atomic mass is 10.0. The monoisotopic (exact) mass is 264 g/mol. The van der Waals surface area contributed by atoms with Crippen molar-refractivity contribution in [2.45, 2.75) is 18.6 Å². The Morgan fingerprint density at radius 1 is 1.21 bits per heavy atom. The van der Waals surface area contributed by atoms with Crippen molar-refractivity contribution in [2.24, 2.45) is 5.73 Å². The number of hydrogen-bond acceptors (Lipinski definition) is 5. The minimum Gasteiger partial charge on any atom is -0.486 e. The van der Waals surface area contributed by atoms with E-state index in [1.807, 2.05) is 18.2 Å². The molecule has 104 valence electrons. The molecule has 19 heavy (non-hydrogen) atoms. The standard InChI is InChI=1S/C14H20N2O3/c15-12(8-11-9-16-3-4-17-11)10-1-2-13-14(7-10)19-6-5-18-13/h1-2,7,11-12,16H,3-6,8-9,15H2. The van der Waals surface area contributed by atoms with Gasteiger partial charge in [0.1, 0.15) is 13.2 Å². The number of nitrogens with two attached hydrogens (primary N) is 1. The Hall–Kier alpha value is -1.30. The van der Waals surface area contributed by atoms with E-state index in [2.05, 4.69) is 5.32 Å². The van der Waals surface area contributed by atoms with Crippen LogP contribution < -0.4 is 20.5 Å². The number of nitrogens with one attached hydrogen (secondary N) is 1. The van der Waals surface area contributed by atoms with Crippen LogP contribution in [0.4, 0.5) is 0 Å². The topological polar surface area (TPSA) is 65.7 Å². The van der Waals surface area contributed by atoms with Gasteiger partial charge in [0.25, 0.3) is 0 Å². The van der Waals surface area contributed by atoms with Gasteiger partial charge in [-0.15, -0.1) is 0 Å². The molecule has 5 nitrogen and oxygen atoms in total. The first-order chi connectivity index (χ1) is 9.33. The van der Waals surface area contributed by atoms with Crippen LogP contribution in [0, 0.1) is 0 Å². The van der Waals surface area contributed by atoms with Gasteiger partial charge in [-0.25, -0.2) is 0 Å². The van der Waals surface area contributed by atoms with Gasteiger partial charge in [-0.2, -0.15) is 0 Å². The predicted molar refractivity (Wildman–Crippen MR) is 71.6 cm³/mol. The fourth-order valence-electron chi connectivity index (χ4n) is 2.48. The molecule has 0 aromatic heterocycles. The van der Waals surface area contributed by atoms with Crippen molar-refractivity contribution in [1.82, 2.24) is 5.32 Å². The lowest BCUT2D eigenvalue weighted by Gasteiger charge is -2.26. The first-order valence-electron chi connectivity index (χ1n) is 6.80. The highest BCUT2D eigenvalue weighted by Gasteiger charge is 2.20. The molecular weight excluding hydrogens is 244 g/mol. The van der Waals surface area contributed by atoms with E-state index < -0.39 is 0 Å². The predicted octanol–water partition coefficient (Wildman–Crippen LogP) is 0.836. The van der Waals surface area contributed by atoms with Crippen LogP contribution in [0.3, 0.4) is 0 Å². The summed E-state index contributed by atoms with van der Waals surface area (Å²) in [5.74, 6) is 1.60. The van der Waals surface area contributed by atoms with E-state index in [1.165, 1.54) is 0 Å². The van der Waals surface area contributed by atoms with Gasteiger partial charge in [-0.1, -0.05) is 6.07 Å². The number of rotatable bonds is 3. The Labute approximate surface area is 113 Å². The van der Waals surface area contributed by atoms with Crippen LogP contribution >= 0.6 is 0 Å². The van der Waals surface area contributed by atoms with Crippen LogP contribution in [-0.2, 0) is 4.74 Å². The third-order valence-corrected chi connectivity index (χ3v) is 3.52. The first-order valence-corrected chi connectivity index (χ1v) is 6.80. The molecule has 2 atom stereocenters. The van der Waals surface area contributed by atoms with Gasteiger partial charge in [0, 0.05) is 19.1 Å². The number of morpholine rings is 1. The Bertz CT molecular complexity index is 433. The van der Waals surface area contributed by atoms with E-state index in [9.17, 15) is 0 Å². The SMILES string of the molecule is NC(CC1CNCCO1)c1ccc2c(c1)OCCO2. The van der Waals surface area contributed by atoms with Gasteiger partial charge >= 0.3 is 0 Å². The molecule has 0 aliphatic carbocycles. The van der Waals surface area contributed by atoms with E-state index in [0.717, 1.165) is 43.2 Å². The normalized spacial score (nSPS) is 23.9. The van der Waals surface area contributed by atoms with Crippen molar-refractivity contribution in [3.8, 4) is 11.5 Å². The van der Waals surface area contributed by atoms with Crippen LogP contribution in [-0.4, -0.2) is 39.0 Å². The minimum absolute atomic E-state index is 0.0410. The zero-order chi connectivity index (χ0) is 13.1. The van der Waals surface area contributed by atoms with Crippen molar-refractivity contribution in [3.63, 3.8) is 0 Å². The molecule has 1 saturated heterocycles. The summed E-state index contributed by atoms with van der Waals surface area (Å²) >= 11 is 0. The second-order valence-corrected chi connectivity index (χ2v) is 4.94. The van der Waals surface area contributed by atoms with E-state index in [-0.39, 0.29) is 12.1 Å². The third-order valence-electron chi connectivity index (χ3n) is 3.52. The van der Waals surface area contributed by atoms with Gasteiger partial charge in [0.2, 0.25) is 0 Å². The summed E-state index contributed by atoms with van der Waals surface area (Å²) in [5.41, 5.74) is 7.32. The average molecular weight is 264 g/mol. The summed E-state index contributed by atoms with van der Waals surface area (Å²) in [6.45, 7) is 3.77. The summed E-state index contributed by atoms with van der Waals surface area (Å²) < 4.78 is 16.8. The molecule has 1 aromatic rings. The van der Waals surface area contributed by atoms with Crippen molar-refractivity contribution < 1.29 is 14.2 Å². The van der Waals surface area contributed by atoms with Crippen LogP contribution in [0.2, 0.25) is 0 Å². The number of benzene rings is 1. The van der Waals surface area contributed by atoms with Crippen molar-refractivity contribution in [1.29, 1.82) is 0 Å². The second-order valence-electron chi connectivity index (χ2n) is 4.94. The lowest BCUT2D eigenvalue weighted by Crippen LogP contribution is -2.40. The quantitative estimate of drug-likeness (QED) is 0.847. The summed E-state index contributed by atoms with van der Waals surface area (Å²) in [4.78, 5) is 0. The maximum atomic E-state index is 6.25. The van der Waals surface area contributed by atoms with Crippen LogP contribution in [0.15, 0.2) is 18.2 Å². The highest BCUT2D eigenvalue weighted by Crippen LogP contribution is 2.33. The summed E-state index contributed by atoms with van der Waals surface area (Å²) in [6, 6.07) is 5.88. The van der Waals surface area contributed by atoms with Gasteiger partial charge in [-0.05, 0) is 24.1 Å².